The van der Waals surface area contributed by atoms with Gasteiger partial charge in [-0.25, -0.2) is 4.79 Å². The first-order valence-electron chi connectivity index (χ1n) is 6.38. The quantitative estimate of drug-likeness (QED) is 0.874. The molecule has 20 heavy (non-hydrogen) atoms. The zero-order valence-corrected chi connectivity index (χ0v) is 11.8. The summed E-state index contributed by atoms with van der Waals surface area (Å²) in [7, 11) is 0. The molecule has 0 radical (unpaired) electrons. The van der Waals surface area contributed by atoms with Gasteiger partial charge in [-0.3, -0.25) is 0 Å². The summed E-state index contributed by atoms with van der Waals surface area (Å²) >= 11 is 5.92. The van der Waals surface area contributed by atoms with Crippen molar-refractivity contribution in [2.45, 2.75) is 18.9 Å². The molecule has 0 amide bonds. The molecule has 3 nitrogen and oxygen atoms in total. The van der Waals surface area contributed by atoms with Gasteiger partial charge in [0.15, 0.2) is 0 Å². The molecule has 104 valence electrons. The average molecular weight is 290 g/mol. The lowest BCUT2D eigenvalue weighted by Gasteiger charge is -2.23. The van der Waals surface area contributed by atoms with Crippen molar-refractivity contribution in [3.63, 3.8) is 0 Å². The van der Waals surface area contributed by atoms with Crippen molar-refractivity contribution in [2.24, 2.45) is 0 Å². The van der Waals surface area contributed by atoms with Gasteiger partial charge in [-0.15, -0.1) is 0 Å². The number of carboxylic acid groups (broad SMARTS) is 1. The fourth-order valence-electron chi connectivity index (χ4n) is 2.11. The molecule has 0 bridgehead atoms. The monoisotopic (exact) mass is 289 g/mol. The molecule has 2 atom stereocenters. The van der Waals surface area contributed by atoms with E-state index in [0.29, 0.717) is 10.7 Å². The van der Waals surface area contributed by atoms with E-state index in [-0.39, 0.29) is 5.92 Å². The molecular weight excluding hydrogens is 274 g/mol. The van der Waals surface area contributed by atoms with Crippen molar-refractivity contribution >= 4 is 23.3 Å². The molecule has 0 saturated carbocycles. The Kier molecular flexibility index (Phi) is 4.64. The molecule has 2 aromatic rings. The van der Waals surface area contributed by atoms with Crippen LogP contribution < -0.4 is 5.32 Å². The van der Waals surface area contributed by atoms with Crippen LogP contribution in [0.2, 0.25) is 5.02 Å². The second-order valence-corrected chi connectivity index (χ2v) is 5.11. The molecule has 0 fully saturated rings. The Morgan fingerprint density at radius 1 is 1.15 bits per heavy atom. The summed E-state index contributed by atoms with van der Waals surface area (Å²) in [4.78, 5) is 11.5. The van der Waals surface area contributed by atoms with Crippen molar-refractivity contribution in [3.05, 3.63) is 65.2 Å². The van der Waals surface area contributed by atoms with Gasteiger partial charge < -0.3 is 10.4 Å². The number of carbonyl (C=O) groups is 1. The van der Waals surface area contributed by atoms with Gasteiger partial charge in [-0.1, -0.05) is 54.9 Å². The molecule has 2 aromatic carbocycles. The van der Waals surface area contributed by atoms with Crippen LogP contribution >= 0.6 is 11.6 Å². The summed E-state index contributed by atoms with van der Waals surface area (Å²) in [5.74, 6) is -1.05. The number of halogens is 1. The Hall–Kier alpha value is -2.00. The maximum absolute atomic E-state index is 11.5. The van der Waals surface area contributed by atoms with Crippen LogP contribution in [0.5, 0.6) is 0 Å². The molecule has 0 heterocycles. The van der Waals surface area contributed by atoms with E-state index < -0.39 is 12.0 Å². The summed E-state index contributed by atoms with van der Waals surface area (Å²) in [5.41, 5.74) is 1.68. The minimum atomic E-state index is -0.888. The highest BCUT2D eigenvalue weighted by atomic mass is 35.5. The van der Waals surface area contributed by atoms with Gasteiger partial charge in [0.25, 0.3) is 0 Å². The van der Waals surface area contributed by atoms with Crippen LogP contribution in [0.1, 0.15) is 18.4 Å². The van der Waals surface area contributed by atoms with Crippen molar-refractivity contribution in [1.82, 2.24) is 0 Å². The van der Waals surface area contributed by atoms with Gasteiger partial charge in [-0.05, 0) is 23.8 Å². The van der Waals surface area contributed by atoms with E-state index in [1.54, 1.807) is 24.3 Å². The van der Waals surface area contributed by atoms with Gasteiger partial charge in [0.1, 0.15) is 6.04 Å². The molecule has 0 aliphatic heterocycles. The zero-order valence-electron chi connectivity index (χ0n) is 11.1. The SMILES string of the molecule is CC(c1ccccc1)C(Nc1cccc(Cl)c1)C(=O)O. The largest absolute Gasteiger partial charge is 0.480 e. The maximum atomic E-state index is 11.5. The molecule has 0 spiro atoms. The number of anilines is 1. The third kappa shape index (κ3) is 3.52. The van der Waals surface area contributed by atoms with E-state index in [0.717, 1.165) is 5.56 Å². The van der Waals surface area contributed by atoms with E-state index in [4.69, 9.17) is 11.6 Å². The van der Waals surface area contributed by atoms with Crippen LogP contribution in [0.4, 0.5) is 5.69 Å². The summed E-state index contributed by atoms with van der Waals surface area (Å²) < 4.78 is 0. The van der Waals surface area contributed by atoms with Gasteiger partial charge in [0.2, 0.25) is 0 Å². The Bertz CT molecular complexity index is 586. The van der Waals surface area contributed by atoms with Gasteiger partial charge in [-0.2, -0.15) is 0 Å². The van der Waals surface area contributed by atoms with Crippen molar-refractivity contribution in [1.29, 1.82) is 0 Å². The second-order valence-electron chi connectivity index (χ2n) is 4.67. The smallest absolute Gasteiger partial charge is 0.326 e. The zero-order chi connectivity index (χ0) is 14.5. The lowest BCUT2D eigenvalue weighted by molar-refractivity contribution is -0.138. The standard InChI is InChI=1S/C16H16ClNO2/c1-11(12-6-3-2-4-7-12)15(16(19)20)18-14-9-5-8-13(17)10-14/h2-11,15,18H,1H3,(H,19,20). The number of hydrogen-bond acceptors (Lipinski definition) is 2. The predicted octanol–water partition coefficient (Wildman–Crippen LogP) is 4.01. The van der Waals surface area contributed by atoms with Gasteiger partial charge in [0.05, 0.1) is 0 Å². The van der Waals surface area contributed by atoms with Crippen molar-refractivity contribution < 1.29 is 9.90 Å². The minimum Gasteiger partial charge on any atom is -0.480 e. The molecular formula is C16H16ClNO2. The number of aliphatic carboxylic acids is 1. The molecule has 2 unspecified atom stereocenters. The van der Waals surface area contributed by atoms with E-state index in [9.17, 15) is 9.90 Å². The number of rotatable bonds is 5. The van der Waals surface area contributed by atoms with E-state index in [1.807, 2.05) is 37.3 Å². The van der Waals surface area contributed by atoms with Crippen LogP contribution in [0, 0.1) is 0 Å². The Morgan fingerprint density at radius 3 is 2.45 bits per heavy atom. The first-order valence-corrected chi connectivity index (χ1v) is 6.75. The normalized spacial score (nSPS) is 13.5. The number of nitrogens with one attached hydrogen (secondary N) is 1. The highest BCUT2D eigenvalue weighted by Crippen LogP contribution is 2.24. The minimum absolute atomic E-state index is 0.160. The van der Waals surface area contributed by atoms with Crippen LogP contribution in [-0.2, 0) is 4.79 Å². The summed E-state index contributed by atoms with van der Waals surface area (Å²) in [6.07, 6.45) is 0. The number of benzene rings is 2. The highest BCUT2D eigenvalue weighted by molar-refractivity contribution is 6.30. The number of carboxylic acids is 1. The fourth-order valence-corrected chi connectivity index (χ4v) is 2.30. The number of hydrogen-bond donors (Lipinski definition) is 2. The summed E-state index contributed by atoms with van der Waals surface area (Å²) in [6, 6.07) is 15.9. The molecule has 0 aromatic heterocycles. The highest BCUT2D eigenvalue weighted by Gasteiger charge is 2.25. The topological polar surface area (TPSA) is 49.3 Å². The van der Waals surface area contributed by atoms with Crippen LogP contribution in [0.3, 0.4) is 0 Å². The molecule has 4 heteroatoms. The average Bonchev–Trinajstić information content (AvgIpc) is 2.45. The van der Waals surface area contributed by atoms with Crippen LogP contribution in [0.25, 0.3) is 0 Å². The van der Waals surface area contributed by atoms with Gasteiger partial charge >= 0.3 is 5.97 Å². The van der Waals surface area contributed by atoms with Crippen molar-refractivity contribution in [3.8, 4) is 0 Å². The first kappa shape index (κ1) is 14.4. The predicted molar refractivity (Wildman–Crippen MR) is 81.4 cm³/mol. The van der Waals surface area contributed by atoms with E-state index in [2.05, 4.69) is 5.32 Å². The molecule has 0 aliphatic carbocycles. The Labute approximate surface area is 123 Å². The third-order valence-corrected chi connectivity index (χ3v) is 3.47. The second kappa shape index (κ2) is 6.44. The molecule has 2 rings (SSSR count). The molecule has 0 aliphatic rings. The third-order valence-electron chi connectivity index (χ3n) is 3.24. The Morgan fingerprint density at radius 2 is 1.85 bits per heavy atom. The molecule has 0 saturated heterocycles. The van der Waals surface area contributed by atoms with E-state index >= 15 is 0 Å². The maximum Gasteiger partial charge on any atom is 0.326 e. The van der Waals surface area contributed by atoms with Gasteiger partial charge in [0, 0.05) is 16.6 Å². The van der Waals surface area contributed by atoms with Crippen LogP contribution in [-0.4, -0.2) is 17.1 Å². The van der Waals surface area contributed by atoms with Crippen molar-refractivity contribution in [2.75, 3.05) is 5.32 Å². The summed E-state index contributed by atoms with van der Waals surface area (Å²) in [6.45, 7) is 1.89. The molecule has 2 N–H and O–H groups in total. The Balaban J connectivity index is 2.21. The first-order chi connectivity index (χ1) is 9.58. The fraction of sp³-hybridized carbons (Fsp3) is 0.188. The lowest BCUT2D eigenvalue weighted by Crippen LogP contribution is -2.34. The lowest BCUT2D eigenvalue weighted by atomic mass is 9.93. The van der Waals surface area contributed by atoms with E-state index in [1.165, 1.54) is 0 Å². The summed E-state index contributed by atoms with van der Waals surface area (Å²) in [5, 5.41) is 13.0. The van der Waals surface area contributed by atoms with Crippen LogP contribution in [0.15, 0.2) is 54.6 Å².